The monoisotopic (exact) mass is 303 g/mol. The van der Waals surface area contributed by atoms with Gasteiger partial charge < -0.3 is 15.2 Å². The van der Waals surface area contributed by atoms with E-state index in [0.717, 1.165) is 0 Å². The van der Waals surface area contributed by atoms with Crippen molar-refractivity contribution in [3.05, 3.63) is 30.1 Å². The molecule has 0 amide bonds. The van der Waals surface area contributed by atoms with Crippen LogP contribution in [0.5, 0.6) is 5.75 Å². The van der Waals surface area contributed by atoms with Gasteiger partial charge in [-0.15, -0.1) is 0 Å². The van der Waals surface area contributed by atoms with Gasteiger partial charge in [0.1, 0.15) is 12.7 Å². The van der Waals surface area contributed by atoms with Crippen LogP contribution in [0.1, 0.15) is 6.42 Å². The van der Waals surface area contributed by atoms with Crippen molar-refractivity contribution >= 4 is 9.84 Å². The van der Waals surface area contributed by atoms with Crippen LogP contribution in [0, 0.1) is 5.82 Å². The Morgan fingerprint density at radius 2 is 2.20 bits per heavy atom. The van der Waals surface area contributed by atoms with Crippen molar-refractivity contribution in [1.82, 2.24) is 5.32 Å². The highest BCUT2D eigenvalue weighted by molar-refractivity contribution is 7.91. The first-order chi connectivity index (χ1) is 9.46. The molecule has 0 radical (unpaired) electrons. The summed E-state index contributed by atoms with van der Waals surface area (Å²) in [4.78, 5) is 0. The number of hydrogen-bond acceptors (Lipinski definition) is 5. The molecular formula is C13H18FNO4S. The summed E-state index contributed by atoms with van der Waals surface area (Å²) in [5.74, 6) is -0.0926. The average molecular weight is 303 g/mol. The molecule has 2 rings (SSSR count). The molecule has 1 heterocycles. The van der Waals surface area contributed by atoms with Crippen LogP contribution in [0.2, 0.25) is 0 Å². The van der Waals surface area contributed by atoms with E-state index in [2.05, 4.69) is 5.32 Å². The summed E-state index contributed by atoms with van der Waals surface area (Å²) in [7, 11) is -2.93. The standard InChI is InChI=1S/C13H18FNO4S/c14-12-3-1-2-4-13(12)19-8-11(16)7-15-10-5-6-20(17,18)9-10/h1-4,10-11,15-16H,5-9H2. The largest absolute Gasteiger partial charge is 0.488 e. The first-order valence-electron chi connectivity index (χ1n) is 6.45. The molecule has 0 bridgehead atoms. The molecule has 2 N–H and O–H groups in total. The fourth-order valence-corrected chi connectivity index (χ4v) is 3.77. The van der Waals surface area contributed by atoms with Crippen molar-refractivity contribution in [2.24, 2.45) is 0 Å². The van der Waals surface area contributed by atoms with E-state index in [1.165, 1.54) is 12.1 Å². The first-order valence-corrected chi connectivity index (χ1v) is 8.27. The quantitative estimate of drug-likeness (QED) is 0.793. The topological polar surface area (TPSA) is 75.6 Å². The zero-order valence-corrected chi connectivity index (χ0v) is 11.8. The molecule has 1 saturated heterocycles. The van der Waals surface area contributed by atoms with Crippen molar-refractivity contribution in [2.45, 2.75) is 18.6 Å². The Bertz CT molecular complexity index is 549. The van der Waals surface area contributed by atoms with Gasteiger partial charge in [-0.3, -0.25) is 0 Å². The number of aliphatic hydroxyl groups excluding tert-OH is 1. The van der Waals surface area contributed by atoms with Gasteiger partial charge in [0.25, 0.3) is 0 Å². The number of nitrogens with one attached hydrogen (secondary N) is 1. The second-order valence-electron chi connectivity index (χ2n) is 4.90. The summed E-state index contributed by atoms with van der Waals surface area (Å²) in [6.45, 7) is 0.169. The Labute approximate surface area is 117 Å². The molecule has 0 aliphatic carbocycles. The van der Waals surface area contributed by atoms with Crippen LogP contribution < -0.4 is 10.1 Å². The van der Waals surface area contributed by atoms with Gasteiger partial charge in [-0.1, -0.05) is 12.1 Å². The number of sulfone groups is 1. The summed E-state index contributed by atoms with van der Waals surface area (Å²) in [5, 5.41) is 12.7. The minimum Gasteiger partial charge on any atom is -0.488 e. The Balaban J connectivity index is 1.71. The summed E-state index contributed by atoms with van der Waals surface area (Å²) in [5.41, 5.74) is 0. The number of rotatable bonds is 6. The number of benzene rings is 1. The Morgan fingerprint density at radius 1 is 1.45 bits per heavy atom. The van der Waals surface area contributed by atoms with Crippen molar-refractivity contribution in [1.29, 1.82) is 0 Å². The van der Waals surface area contributed by atoms with Crippen LogP contribution in [0.25, 0.3) is 0 Å². The molecule has 2 atom stereocenters. The lowest BCUT2D eigenvalue weighted by atomic mass is 10.2. The van der Waals surface area contributed by atoms with Gasteiger partial charge in [-0.05, 0) is 18.6 Å². The molecular weight excluding hydrogens is 285 g/mol. The van der Waals surface area contributed by atoms with Gasteiger partial charge in [0.2, 0.25) is 0 Å². The second-order valence-corrected chi connectivity index (χ2v) is 7.13. The van der Waals surface area contributed by atoms with Gasteiger partial charge in [-0.2, -0.15) is 0 Å². The Hall–Kier alpha value is -1.18. The van der Waals surface area contributed by atoms with E-state index >= 15 is 0 Å². The number of para-hydroxylation sites is 1. The van der Waals surface area contributed by atoms with E-state index in [9.17, 15) is 17.9 Å². The van der Waals surface area contributed by atoms with E-state index in [-0.39, 0.29) is 36.4 Å². The van der Waals surface area contributed by atoms with Gasteiger partial charge >= 0.3 is 0 Å². The molecule has 5 nitrogen and oxygen atoms in total. The summed E-state index contributed by atoms with van der Waals surface area (Å²) >= 11 is 0. The minimum absolute atomic E-state index is 0.0482. The third-order valence-electron chi connectivity index (χ3n) is 3.14. The molecule has 7 heteroatoms. The summed E-state index contributed by atoms with van der Waals surface area (Å²) in [6, 6.07) is 5.85. The Morgan fingerprint density at radius 3 is 2.85 bits per heavy atom. The van der Waals surface area contributed by atoms with Crippen LogP contribution in [0.3, 0.4) is 0 Å². The average Bonchev–Trinajstić information content (AvgIpc) is 2.75. The highest BCUT2D eigenvalue weighted by atomic mass is 32.2. The van der Waals surface area contributed by atoms with E-state index < -0.39 is 21.8 Å². The number of halogens is 1. The molecule has 1 aliphatic heterocycles. The summed E-state index contributed by atoms with van der Waals surface area (Å²) in [6.07, 6.45) is -0.263. The van der Waals surface area contributed by atoms with Gasteiger partial charge in [0.05, 0.1) is 11.5 Å². The number of hydrogen-bond donors (Lipinski definition) is 2. The lowest BCUT2D eigenvalue weighted by Crippen LogP contribution is -2.38. The van der Waals surface area contributed by atoms with Gasteiger partial charge in [0.15, 0.2) is 21.4 Å². The molecule has 1 aromatic carbocycles. The zero-order chi connectivity index (χ0) is 14.6. The van der Waals surface area contributed by atoms with E-state index in [1.807, 2.05) is 0 Å². The maximum atomic E-state index is 13.3. The molecule has 1 aliphatic rings. The van der Waals surface area contributed by atoms with E-state index in [1.54, 1.807) is 12.1 Å². The van der Waals surface area contributed by atoms with Crippen molar-refractivity contribution in [2.75, 3.05) is 24.7 Å². The van der Waals surface area contributed by atoms with E-state index in [0.29, 0.717) is 6.42 Å². The molecule has 20 heavy (non-hydrogen) atoms. The lowest BCUT2D eigenvalue weighted by Gasteiger charge is -2.16. The van der Waals surface area contributed by atoms with E-state index in [4.69, 9.17) is 4.74 Å². The predicted octanol–water partition coefficient (Wildman–Crippen LogP) is 0.342. The van der Waals surface area contributed by atoms with Gasteiger partial charge in [-0.25, -0.2) is 12.8 Å². The highest BCUT2D eigenvalue weighted by Crippen LogP contribution is 2.15. The summed E-state index contributed by atoms with van der Waals surface area (Å²) < 4.78 is 41.0. The molecule has 0 aromatic heterocycles. The highest BCUT2D eigenvalue weighted by Gasteiger charge is 2.27. The molecule has 0 spiro atoms. The minimum atomic E-state index is -2.93. The number of ether oxygens (including phenoxy) is 1. The molecule has 1 fully saturated rings. The maximum absolute atomic E-state index is 13.3. The van der Waals surface area contributed by atoms with Crippen LogP contribution >= 0.6 is 0 Å². The fourth-order valence-electron chi connectivity index (χ4n) is 2.07. The molecule has 1 aromatic rings. The Kier molecular flexibility index (Phi) is 4.95. The van der Waals surface area contributed by atoms with Crippen LogP contribution in [0.4, 0.5) is 4.39 Å². The van der Waals surface area contributed by atoms with Gasteiger partial charge in [0, 0.05) is 12.6 Å². The normalized spacial score (nSPS) is 22.6. The third-order valence-corrected chi connectivity index (χ3v) is 4.91. The van der Waals surface area contributed by atoms with Crippen molar-refractivity contribution < 1.29 is 22.7 Å². The lowest BCUT2D eigenvalue weighted by molar-refractivity contribution is 0.102. The maximum Gasteiger partial charge on any atom is 0.165 e. The van der Waals surface area contributed by atoms with Crippen molar-refractivity contribution in [3.8, 4) is 5.75 Å². The SMILES string of the molecule is O=S1(=O)CCC(NCC(O)COc2ccccc2F)C1. The zero-order valence-electron chi connectivity index (χ0n) is 11.0. The smallest absolute Gasteiger partial charge is 0.165 e. The fraction of sp³-hybridized carbons (Fsp3) is 0.538. The number of aliphatic hydroxyl groups is 1. The second kappa shape index (κ2) is 6.51. The van der Waals surface area contributed by atoms with Crippen LogP contribution in [-0.4, -0.2) is 50.3 Å². The predicted molar refractivity (Wildman–Crippen MR) is 73.0 cm³/mol. The molecule has 112 valence electrons. The van der Waals surface area contributed by atoms with Crippen LogP contribution in [0.15, 0.2) is 24.3 Å². The van der Waals surface area contributed by atoms with Crippen molar-refractivity contribution in [3.63, 3.8) is 0 Å². The molecule has 0 saturated carbocycles. The molecule has 2 unspecified atom stereocenters. The van der Waals surface area contributed by atoms with Crippen LogP contribution in [-0.2, 0) is 9.84 Å². The first kappa shape index (κ1) is 15.2. The third kappa shape index (κ3) is 4.43.